The molecule has 6 nitrogen and oxygen atoms in total. The molecule has 0 heterocycles. The normalized spacial score (nSPS) is 11.8. The lowest BCUT2D eigenvalue weighted by molar-refractivity contribution is -0.147. The first-order valence-electron chi connectivity index (χ1n) is 9.79. The molecule has 0 aliphatic carbocycles. The Morgan fingerprint density at radius 1 is 1.03 bits per heavy atom. The molecule has 30 heavy (non-hydrogen) atoms. The van der Waals surface area contributed by atoms with E-state index in [2.05, 4.69) is 11.9 Å². The molecule has 0 radical (unpaired) electrons. The van der Waals surface area contributed by atoms with Crippen LogP contribution in [0.4, 0.5) is 4.79 Å². The van der Waals surface area contributed by atoms with Crippen molar-refractivity contribution in [3.8, 4) is 5.75 Å². The van der Waals surface area contributed by atoms with Crippen molar-refractivity contribution in [2.24, 2.45) is 0 Å². The zero-order valence-corrected chi connectivity index (χ0v) is 17.7. The lowest BCUT2D eigenvalue weighted by atomic mass is 10.1. The number of hydrogen-bond acceptors (Lipinski definition) is 5. The topological polar surface area (TPSA) is 73.9 Å². The van der Waals surface area contributed by atoms with Crippen LogP contribution in [0.2, 0.25) is 0 Å². The zero-order chi connectivity index (χ0) is 22.0. The molecule has 0 unspecified atom stereocenters. The minimum Gasteiger partial charge on any atom is -0.490 e. The number of rotatable bonds is 9. The van der Waals surface area contributed by atoms with Crippen LogP contribution in [0.25, 0.3) is 0 Å². The van der Waals surface area contributed by atoms with Crippen LogP contribution < -0.4 is 10.1 Å². The smallest absolute Gasteiger partial charge is 0.408 e. The largest absolute Gasteiger partial charge is 0.490 e. The fourth-order valence-corrected chi connectivity index (χ4v) is 2.59. The molecule has 1 atom stereocenters. The SMILES string of the molecule is C=CCOc1ccc(C[C@H](NC(=O)OC(C)(C)C)C(=O)OCc2ccccc2)cc1. The van der Waals surface area contributed by atoms with E-state index in [9.17, 15) is 9.59 Å². The van der Waals surface area contributed by atoms with Gasteiger partial charge in [0, 0.05) is 6.42 Å². The van der Waals surface area contributed by atoms with Crippen LogP contribution in [0.15, 0.2) is 67.3 Å². The van der Waals surface area contributed by atoms with Crippen molar-refractivity contribution >= 4 is 12.1 Å². The summed E-state index contributed by atoms with van der Waals surface area (Å²) < 4.78 is 16.2. The summed E-state index contributed by atoms with van der Waals surface area (Å²) >= 11 is 0. The number of ether oxygens (including phenoxy) is 3. The Hall–Kier alpha value is -3.28. The van der Waals surface area contributed by atoms with E-state index in [4.69, 9.17) is 14.2 Å². The van der Waals surface area contributed by atoms with E-state index in [-0.39, 0.29) is 13.0 Å². The van der Waals surface area contributed by atoms with Gasteiger partial charge in [-0.25, -0.2) is 9.59 Å². The Labute approximate surface area is 177 Å². The molecule has 2 rings (SSSR count). The van der Waals surface area contributed by atoms with Crippen molar-refractivity contribution in [3.05, 3.63) is 78.4 Å². The van der Waals surface area contributed by atoms with Gasteiger partial charge in [-0.2, -0.15) is 0 Å². The van der Waals surface area contributed by atoms with Gasteiger partial charge in [-0.15, -0.1) is 0 Å². The standard InChI is InChI=1S/C24H29NO5/c1-5-15-28-20-13-11-18(12-14-20)16-21(25-23(27)30-24(2,3)4)22(26)29-17-19-9-7-6-8-10-19/h5-14,21H,1,15-17H2,2-4H3,(H,25,27)/t21-/m0/s1. The molecule has 6 heteroatoms. The Balaban J connectivity index is 2.06. The molecular weight excluding hydrogens is 382 g/mol. The van der Waals surface area contributed by atoms with Gasteiger partial charge in [0.15, 0.2) is 0 Å². The summed E-state index contributed by atoms with van der Waals surface area (Å²) in [5, 5.41) is 2.63. The van der Waals surface area contributed by atoms with E-state index in [0.717, 1.165) is 11.1 Å². The second-order valence-electron chi connectivity index (χ2n) is 7.74. The fourth-order valence-electron chi connectivity index (χ4n) is 2.59. The summed E-state index contributed by atoms with van der Waals surface area (Å²) in [5.74, 6) is 0.165. The number of hydrogen-bond donors (Lipinski definition) is 1. The molecule has 1 N–H and O–H groups in total. The summed E-state index contributed by atoms with van der Waals surface area (Å²) in [6.45, 7) is 9.44. The molecule has 0 aliphatic rings. The number of carbonyl (C=O) groups is 2. The average molecular weight is 411 g/mol. The first-order chi connectivity index (χ1) is 14.3. The summed E-state index contributed by atoms with van der Waals surface area (Å²) in [6.07, 6.45) is 1.25. The van der Waals surface area contributed by atoms with Gasteiger partial charge in [0.25, 0.3) is 0 Å². The average Bonchev–Trinajstić information content (AvgIpc) is 2.70. The first kappa shape index (κ1) is 23.0. The third-order valence-electron chi connectivity index (χ3n) is 3.93. The van der Waals surface area contributed by atoms with E-state index < -0.39 is 23.7 Å². The van der Waals surface area contributed by atoms with E-state index in [1.165, 1.54) is 0 Å². The quantitative estimate of drug-likeness (QED) is 0.488. The molecule has 0 bridgehead atoms. The van der Waals surface area contributed by atoms with Crippen LogP contribution >= 0.6 is 0 Å². The molecule has 0 fully saturated rings. The zero-order valence-electron chi connectivity index (χ0n) is 17.7. The van der Waals surface area contributed by atoms with Crippen molar-refractivity contribution in [1.82, 2.24) is 5.32 Å². The number of carbonyl (C=O) groups excluding carboxylic acids is 2. The van der Waals surface area contributed by atoms with Crippen LogP contribution in [0.1, 0.15) is 31.9 Å². The van der Waals surface area contributed by atoms with Crippen LogP contribution in [0.3, 0.4) is 0 Å². The monoisotopic (exact) mass is 411 g/mol. The first-order valence-corrected chi connectivity index (χ1v) is 9.79. The van der Waals surface area contributed by atoms with Crippen molar-refractivity contribution in [2.75, 3.05) is 6.61 Å². The van der Waals surface area contributed by atoms with Gasteiger partial charge in [0.05, 0.1) is 0 Å². The Bertz CT molecular complexity index is 825. The number of amides is 1. The maximum absolute atomic E-state index is 12.7. The fraction of sp³-hybridized carbons (Fsp3) is 0.333. The second kappa shape index (κ2) is 11.0. The molecule has 0 aromatic heterocycles. The summed E-state index contributed by atoms with van der Waals surface area (Å²) in [5.41, 5.74) is 1.04. The number of esters is 1. The Morgan fingerprint density at radius 2 is 1.70 bits per heavy atom. The third-order valence-corrected chi connectivity index (χ3v) is 3.93. The van der Waals surface area contributed by atoms with Crippen molar-refractivity contribution in [3.63, 3.8) is 0 Å². The van der Waals surface area contributed by atoms with Crippen molar-refractivity contribution in [1.29, 1.82) is 0 Å². The molecule has 0 spiro atoms. The summed E-state index contributed by atoms with van der Waals surface area (Å²) in [6, 6.07) is 15.8. The lowest BCUT2D eigenvalue weighted by Gasteiger charge is -2.23. The summed E-state index contributed by atoms with van der Waals surface area (Å²) in [4.78, 5) is 24.9. The highest BCUT2D eigenvalue weighted by Crippen LogP contribution is 2.15. The van der Waals surface area contributed by atoms with Crippen LogP contribution in [0, 0.1) is 0 Å². The Kier molecular flexibility index (Phi) is 8.47. The minimum atomic E-state index is -0.886. The van der Waals surface area contributed by atoms with Crippen LogP contribution in [-0.4, -0.2) is 30.3 Å². The van der Waals surface area contributed by atoms with Gasteiger partial charge >= 0.3 is 12.1 Å². The van der Waals surface area contributed by atoms with E-state index in [1.54, 1.807) is 39.0 Å². The van der Waals surface area contributed by atoms with Crippen molar-refractivity contribution < 1.29 is 23.8 Å². The molecule has 1 amide bonds. The highest BCUT2D eigenvalue weighted by Gasteiger charge is 2.26. The van der Waals surface area contributed by atoms with Gasteiger partial charge in [-0.05, 0) is 44.0 Å². The maximum Gasteiger partial charge on any atom is 0.408 e. The molecule has 2 aromatic rings. The number of nitrogens with one attached hydrogen (secondary N) is 1. The highest BCUT2D eigenvalue weighted by atomic mass is 16.6. The number of benzene rings is 2. The molecule has 2 aromatic carbocycles. The van der Waals surface area contributed by atoms with Gasteiger partial charge < -0.3 is 19.5 Å². The summed E-state index contributed by atoms with van der Waals surface area (Å²) in [7, 11) is 0. The molecule has 160 valence electrons. The molecule has 0 saturated carbocycles. The van der Waals surface area contributed by atoms with Gasteiger partial charge in [-0.3, -0.25) is 0 Å². The van der Waals surface area contributed by atoms with Gasteiger partial charge in [0.2, 0.25) is 0 Å². The van der Waals surface area contributed by atoms with Gasteiger partial charge in [-0.1, -0.05) is 55.1 Å². The molecule has 0 aliphatic heterocycles. The predicted molar refractivity (Wildman–Crippen MR) is 115 cm³/mol. The van der Waals surface area contributed by atoms with E-state index in [1.807, 2.05) is 42.5 Å². The molecular formula is C24H29NO5. The maximum atomic E-state index is 12.7. The highest BCUT2D eigenvalue weighted by molar-refractivity contribution is 5.81. The van der Waals surface area contributed by atoms with E-state index in [0.29, 0.717) is 12.4 Å². The van der Waals surface area contributed by atoms with Crippen molar-refractivity contribution in [2.45, 2.75) is 45.4 Å². The van der Waals surface area contributed by atoms with E-state index >= 15 is 0 Å². The third kappa shape index (κ3) is 8.39. The Morgan fingerprint density at radius 3 is 2.30 bits per heavy atom. The predicted octanol–water partition coefficient (Wildman–Crippen LogP) is 4.43. The second-order valence-corrected chi connectivity index (χ2v) is 7.74. The number of alkyl carbamates (subject to hydrolysis) is 1. The van der Waals surface area contributed by atoms with Gasteiger partial charge in [0.1, 0.15) is 30.6 Å². The molecule has 0 saturated heterocycles. The minimum absolute atomic E-state index is 0.125. The van der Waals surface area contributed by atoms with Crippen LogP contribution in [0.5, 0.6) is 5.75 Å². The lowest BCUT2D eigenvalue weighted by Crippen LogP contribution is -2.45. The van der Waals surface area contributed by atoms with Crippen LogP contribution in [-0.2, 0) is 27.3 Å².